The lowest BCUT2D eigenvalue weighted by molar-refractivity contribution is 0.359. The molecule has 1 atom stereocenters. The Balaban J connectivity index is 2.18. The molecule has 0 aliphatic heterocycles. The molecule has 1 heterocycles. The largest absolute Gasteiger partial charge is 0.496 e. The maximum absolute atomic E-state index is 5.32. The summed E-state index contributed by atoms with van der Waals surface area (Å²) in [5.74, 6) is 2.14. The van der Waals surface area contributed by atoms with Gasteiger partial charge in [0.05, 0.1) is 7.11 Å². The Kier molecular flexibility index (Phi) is 4.74. The summed E-state index contributed by atoms with van der Waals surface area (Å²) in [4.78, 5) is 4.45. The summed E-state index contributed by atoms with van der Waals surface area (Å²) in [6.45, 7) is 4.13. The lowest BCUT2D eigenvalue weighted by atomic mass is 10.1. The van der Waals surface area contributed by atoms with Crippen molar-refractivity contribution in [2.24, 2.45) is 0 Å². The van der Waals surface area contributed by atoms with E-state index in [0.717, 1.165) is 29.7 Å². The number of hydrogen-bond donors (Lipinski definition) is 1. The van der Waals surface area contributed by atoms with Gasteiger partial charge in [-0.3, -0.25) is 0 Å². The van der Waals surface area contributed by atoms with E-state index in [1.807, 2.05) is 32.2 Å². The molecule has 108 valence electrons. The number of ether oxygens (including phenoxy) is 1. The van der Waals surface area contributed by atoms with Crippen LogP contribution >= 0.6 is 0 Å². The molecule has 0 bridgehead atoms. The number of aromatic nitrogens is 2. The molecule has 0 amide bonds. The van der Waals surface area contributed by atoms with Crippen molar-refractivity contribution in [2.75, 3.05) is 14.2 Å². The molecule has 0 radical (unpaired) electrons. The van der Waals surface area contributed by atoms with Crippen LogP contribution in [0.25, 0.3) is 11.4 Å². The van der Waals surface area contributed by atoms with Crippen LogP contribution < -0.4 is 10.1 Å². The minimum absolute atomic E-state index is 0.362. The Morgan fingerprint density at radius 3 is 2.80 bits per heavy atom. The van der Waals surface area contributed by atoms with E-state index < -0.39 is 0 Å². The number of nitrogens with zero attached hydrogens (tertiary/aromatic N) is 2. The Morgan fingerprint density at radius 1 is 1.40 bits per heavy atom. The topological polar surface area (TPSA) is 60.2 Å². The van der Waals surface area contributed by atoms with Gasteiger partial charge >= 0.3 is 0 Å². The summed E-state index contributed by atoms with van der Waals surface area (Å²) < 4.78 is 10.6. The minimum atomic E-state index is 0.362. The Bertz CT molecular complexity index is 562. The summed E-state index contributed by atoms with van der Waals surface area (Å²) in [5, 5.41) is 7.28. The van der Waals surface area contributed by atoms with Crippen molar-refractivity contribution in [3.63, 3.8) is 0 Å². The van der Waals surface area contributed by atoms with Crippen LogP contribution in [0.4, 0.5) is 0 Å². The third-order valence-corrected chi connectivity index (χ3v) is 3.44. The lowest BCUT2D eigenvalue weighted by Gasteiger charge is -2.09. The number of rotatable bonds is 6. The zero-order valence-corrected chi connectivity index (χ0v) is 12.4. The van der Waals surface area contributed by atoms with Crippen molar-refractivity contribution >= 4 is 0 Å². The van der Waals surface area contributed by atoms with Gasteiger partial charge < -0.3 is 14.6 Å². The normalized spacial score (nSPS) is 12.4. The molecular formula is C15H21N3O2. The number of methoxy groups -OCH3 is 1. The molecule has 5 heteroatoms. The molecule has 1 aromatic heterocycles. The van der Waals surface area contributed by atoms with Gasteiger partial charge in [0, 0.05) is 18.0 Å². The number of aryl methyl sites for hydroxylation is 1. The van der Waals surface area contributed by atoms with Gasteiger partial charge in [-0.1, -0.05) is 12.1 Å². The smallest absolute Gasteiger partial charge is 0.228 e. The van der Waals surface area contributed by atoms with Gasteiger partial charge in [-0.25, -0.2) is 0 Å². The highest BCUT2D eigenvalue weighted by Crippen LogP contribution is 2.24. The van der Waals surface area contributed by atoms with E-state index in [9.17, 15) is 0 Å². The Morgan fingerprint density at radius 2 is 2.20 bits per heavy atom. The fourth-order valence-corrected chi connectivity index (χ4v) is 2.13. The molecule has 0 fully saturated rings. The molecule has 2 aromatic rings. The molecule has 20 heavy (non-hydrogen) atoms. The molecule has 1 N–H and O–H groups in total. The molecule has 1 unspecified atom stereocenters. The predicted molar refractivity (Wildman–Crippen MR) is 77.9 cm³/mol. The fourth-order valence-electron chi connectivity index (χ4n) is 2.13. The van der Waals surface area contributed by atoms with Gasteiger partial charge in [-0.2, -0.15) is 4.98 Å². The summed E-state index contributed by atoms with van der Waals surface area (Å²) in [6, 6.07) is 6.22. The Labute approximate surface area is 119 Å². The van der Waals surface area contributed by atoms with Crippen molar-refractivity contribution in [1.82, 2.24) is 15.5 Å². The van der Waals surface area contributed by atoms with Crippen LogP contribution in [0, 0.1) is 6.92 Å². The number of likely N-dealkylation sites (N-methyl/N-ethyl adjacent to an activating group) is 1. The SMILES string of the molecule is CCC(Cc1nc(-c2ccc(OC)c(C)c2)no1)NC. The quantitative estimate of drug-likeness (QED) is 0.878. The monoisotopic (exact) mass is 275 g/mol. The third kappa shape index (κ3) is 3.17. The van der Waals surface area contributed by atoms with Gasteiger partial charge in [0.1, 0.15) is 5.75 Å². The van der Waals surface area contributed by atoms with Gasteiger partial charge in [0.15, 0.2) is 0 Å². The number of nitrogens with one attached hydrogen (secondary N) is 1. The van der Waals surface area contributed by atoms with Crippen molar-refractivity contribution < 1.29 is 9.26 Å². The van der Waals surface area contributed by atoms with Crippen LogP contribution in [0.1, 0.15) is 24.8 Å². The summed E-state index contributed by atoms with van der Waals surface area (Å²) in [5.41, 5.74) is 1.99. The molecule has 0 aliphatic carbocycles. The first-order chi connectivity index (χ1) is 9.67. The van der Waals surface area contributed by atoms with Crippen LogP contribution in [0.2, 0.25) is 0 Å². The number of benzene rings is 1. The minimum Gasteiger partial charge on any atom is -0.496 e. The molecule has 2 rings (SSSR count). The zero-order valence-electron chi connectivity index (χ0n) is 12.4. The van der Waals surface area contributed by atoms with Crippen molar-refractivity contribution in [3.05, 3.63) is 29.7 Å². The van der Waals surface area contributed by atoms with Crippen LogP contribution in [0.15, 0.2) is 22.7 Å². The van der Waals surface area contributed by atoms with E-state index in [2.05, 4.69) is 22.4 Å². The van der Waals surface area contributed by atoms with Crippen LogP contribution in [0.5, 0.6) is 5.75 Å². The van der Waals surface area contributed by atoms with Crippen molar-refractivity contribution in [3.8, 4) is 17.1 Å². The number of hydrogen-bond acceptors (Lipinski definition) is 5. The van der Waals surface area contributed by atoms with E-state index in [0.29, 0.717) is 17.8 Å². The van der Waals surface area contributed by atoms with E-state index in [4.69, 9.17) is 9.26 Å². The van der Waals surface area contributed by atoms with Crippen LogP contribution in [-0.2, 0) is 6.42 Å². The first-order valence-corrected chi connectivity index (χ1v) is 6.82. The average Bonchev–Trinajstić information content (AvgIpc) is 2.93. The predicted octanol–water partition coefficient (Wildman–Crippen LogP) is 2.59. The van der Waals surface area contributed by atoms with Gasteiger partial charge in [0.2, 0.25) is 11.7 Å². The molecule has 5 nitrogen and oxygen atoms in total. The highest BCUT2D eigenvalue weighted by molar-refractivity contribution is 5.58. The second-order valence-electron chi connectivity index (χ2n) is 4.79. The standard InChI is InChI=1S/C15H21N3O2/c1-5-12(16-3)9-14-17-15(18-20-14)11-6-7-13(19-4)10(2)8-11/h6-8,12,16H,5,9H2,1-4H3. The third-order valence-electron chi connectivity index (χ3n) is 3.44. The van der Waals surface area contributed by atoms with E-state index in [1.54, 1.807) is 7.11 Å². The lowest BCUT2D eigenvalue weighted by Crippen LogP contribution is -2.26. The van der Waals surface area contributed by atoms with Crippen LogP contribution in [0.3, 0.4) is 0 Å². The molecular weight excluding hydrogens is 254 g/mol. The first kappa shape index (κ1) is 14.5. The van der Waals surface area contributed by atoms with Gasteiger partial charge in [-0.05, 0) is 44.2 Å². The summed E-state index contributed by atoms with van der Waals surface area (Å²) in [7, 11) is 3.61. The van der Waals surface area contributed by atoms with E-state index in [1.165, 1.54) is 0 Å². The first-order valence-electron chi connectivity index (χ1n) is 6.82. The van der Waals surface area contributed by atoms with Crippen molar-refractivity contribution in [1.29, 1.82) is 0 Å². The maximum atomic E-state index is 5.32. The molecule has 0 spiro atoms. The van der Waals surface area contributed by atoms with Gasteiger partial charge in [-0.15, -0.1) is 0 Å². The van der Waals surface area contributed by atoms with E-state index in [-0.39, 0.29) is 0 Å². The Hall–Kier alpha value is -1.88. The molecule has 0 saturated heterocycles. The highest BCUT2D eigenvalue weighted by Gasteiger charge is 2.13. The second kappa shape index (κ2) is 6.52. The maximum Gasteiger partial charge on any atom is 0.228 e. The van der Waals surface area contributed by atoms with E-state index >= 15 is 0 Å². The molecule has 1 aromatic carbocycles. The highest BCUT2D eigenvalue weighted by atomic mass is 16.5. The average molecular weight is 275 g/mol. The van der Waals surface area contributed by atoms with Gasteiger partial charge in [0.25, 0.3) is 0 Å². The molecule has 0 aliphatic rings. The summed E-state index contributed by atoms with van der Waals surface area (Å²) >= 11 is 0. The second-order valence-corrected chi connectivity index (χ2v) is 4.79. The van der Waals surface area contributed by atoms with Crippen molar-refractivity contribution in [2.45, 2.75) is 32.7 Å². The zero-order chi connectivity index (χ0) is 14.5. The molecule has 0 saturated carbocycles. The fraction of sp³-hybridized carbons (Fsp3) is 0.467. The summed E-state index contributed by atoms with van der Waals surface area (Å²) in [6.07, 6.45) is 1.77. The van der Waals surface area contributed by atoms with Crippen LogP contribution in [-0.4, -0.2) is 30.3 Å².